The lowest BCUT2D eigenvalue weighted by molar-refractivity contribution is 0.113. The van der Waals surface area contributed by atoms with Crippen molar-refractivity contribution in [1.82, 2.24) is 24.9 Å². The number of hydrogen-bond acceptors (Lipinski definition) is 5. The molecular weight excluding hydrogens is 390 g/mol. The summed E-state index contributed by atoms with van der Waals surface area (Å²) >= 11 is 0. The van der Waals surface area contributed by atoms with Crippen LogP contribution in [0.1, 0.15) is 25.7 Å². The molecule has 3 aromatic heterocycles. The van der Waals surface area contributed by atoms with Crippen LogP contribution in [-0.2, 0) is 4.84 Å². The number of pyridine rings is 1. The third kappa shape index (κ3) is 3.53. The van der Waals surface area contributed by atoms with Gasteiger partial charge in [0.2, 0.25) is 0 Å². The second-order valence-electron chi connectivity index (χ2n) is 7.53. The summed E-state index contributed by atoms with van der Waals surface area (Å²) in [5, 5.41) is 9.62. The number of rotatable bonds is 5. The Morgan fingerprint density at radius 3 is 2.58 bits per heavy atom. The average Bonchev–Trinajstić information content (AvgIpc) is 3.20. The molecule has 1 aliphatic carbocycles. The van der Waals surface area contributed by atoms with Crippen molar-refractivity contribution < 1.29 is 4.84 Å². The highest BCUT2D eigenvalue weighted by Crippen LogP contribution is 2.34. The van der Waals surface area contributed by atoms with Gasteiger partial charge in [0, 0.05) is 17.8 Å². The molecule has 0 bridgehead atoms. The van der Waals surface area contributed by atoms with E-state index in [2.05, 4.69) is 5.48 Å². The Hall–Kier alpha value is -3.71. The molecule has 156 valence electrons. The van der Waals surface area contributed by atoms with E-state index in [0.717, 1.165) is 59.4 Å². The SMILES string of the molecule is CONC1=C(n2nc(-c3c(-c4ccccc4)nn4ccccc34)ccc2=O)CCCC1. The van der Waals surface area contributed by atoms with Crippen LogP contribution >= 0.6 is 0 Å². The van der Waals surface area contributed by atoms with Gasteiger partial charge in [-0.15, -0.1) is 0 Å². The number of aromatic nitrogens is 4. The maximum atomic E-state index is 12.8. The van der Waals surface area contributed by atoms with Gasteiger partial charge in [-0.2, -0.15) is 14.9 Å². The molecule has 1 aromatic carbocycles. The summed E-state index contributed by atoms with van der Waals surface area (Å²) in [6.45, 7) is 0. The summed E-state index contributed by atoms with van der Waals surface area (Å²) in [4.78, 5) is 17.9. The van der Waals surface area contributed by atoms with Crippen molar-refractivity contribution >= 4 is 11.2 Å². The van der Waals surface area contributed by atoms with Crippen molar-refractivity contribution in [3.63, 3.8) is 0 Å². The first-order valence-electron chi connectivity index (χ1n) is 10.4. The largest absolute Gasteiger partial charge is 0.280 e. The van der Waals surface area contributed by atoms with E-state index in [0.29, 0.717) is 5.69 Å². The lowest BCUT2D eigenvalue weighted by Crippen LogP contribution is -2.27. The van der Waals surface area contributed by atoms with Gasteiger partial charge in [0.15, 0.2) is 0 Å². The number of nitrogens with one attached hydrogen (secondary N) is 1. The molecule has 0 amide bonds. The van der Waals surface area contributed by atoms with E-state index >= 15 is 0 Å². The van der Waals surface area contributed by atoms with Gasteiger partial charge in [-0.05, 0) is 43.9 Å². The van der Waals surface area contributed by atoms with Gasteiger partial charge in [0.25, 0.3) is 5.56 Å². The molecule has 5 rings (SSSR count). The summed E-state index contributed by atoms with van der Waals surface area (Å²) in [5.74, 6) is 0. The zero-order valence-electron chi connectivity index (χ0n) is 17.3. The van der Waals surface area contributed by atoms with Crippen molar-refractivity contribution in [2.75, 3.05) is 7.11 Å². The van der Waals surface area contributed by atoms with Crippen LogP contribution in [0.2, 0.25) is 0 Å². The quantitative estimate of drug-likeness (QED) is 0.498. The zero-order valence-corrected chi connectivity index (χ0v) is 17.3. The van der Waals surface area contributed by atoms with Crippen LogP contribution in [0.5, 0.6) is 0 Å². The molecule has 3 heterocycles. The third-order valence-electron chi connectivity index (χ3n) is 5.56. The van der Waals surface area contributed by atoms with Crippen molar-refractivity contribution in [2.24, 2.45) is 0 Å². The average molecular weight is 413 g/mol. The number of hydroxylamine groups is 1. The molecular formula is C24H23N5O2. The van der Waals surface area contributed by atoms with Gasteiger partial charge in [-0.1, -0.05) is 36.4 Å². The van der Waals surface area contributed by atoms with Gasteiger partial charge < -0.3 is 0 Å². The highest BCUT2D eigenvalue weighted by Gasteiger charge is 2.21. The van der Waals surface area contributed by atoms with Crippen LogP contribution in [0.25, 0.3) is 33.7 Å². The van der Waals surface area contributed by atoms with Crippen LogP contribution in [-0.4, -0.2) is 26.5 Å². The fraction of sp³-hybridized carbons (Fsp3) is 0.208. The van der Waals surface area contributed by atoms with E-state index < -0.39 is 0 Å². The maximum Gasteiger partial charge on any atom is 0.271 e. The molecule has 31 heavy (non-hydrogen) atoms. The second-order valence-corrected chi connectivity index (χ2v) is 7.53. The monoisotopic (exact) mass is 413 g/mol. The van der Waals surface area contributed by atoms with Gasteiger partial charge in [0.05, 0.1) is 35.3 Å². The molecule has 0 saturated heterocycles. The van der Waals surface area contributed by atoms with E-state index in [-0.39, 0.29) is 5.56 Å². The first-order chi connectivity index (χ1) is 15.3. The predicted molar refractivity (Wildman–Crippen MR) is 120 cm³/mol. The van der Waals surface area contributed by atoms with Gasteiger partial charge in [-0.25, -0.2) is 4.52 Å². The first kappa shape index (κ1) is 19.3. The summed E-state index contributed by atoms with van der Waals surface area (Å²) in [7, 11) is 1.58. The van der Waals surface area contributed by atoms with Crippen molar-refractivity contribution in [3.05, 3.63) is 82.9 Å². The summed E-state index contributed by atoms with van der Waals surface area (Å²) in [5.41, 5.74) is 8.92. The number of hydrogen-bond donors (Lipinski definition) is 1. The Bertz CT molecular complexity index is 1320. The molecule has 0 saturated carbocycles. The second kappa shape index (κ2) is 8.20. The molecule has 0 radical (unpaired) electrons. The van der Waals surface area contributed by atoms with E-state index in [9.17, 15) is 4.79 Å². The van der Waals surface area contributed by atoms with E-state index in [4.69, 9.17) is 15.0 Å². The van der Waals surface area contributed by atoms with Crippen LogP contribution in [0.15, 0.2) is 77.4 Å². The molecule has 0 spiro atoms. The Morgan fingerprint density at radius 2 is 1.74 bits per heavy atom. The van der Waals surface area contributed by atoms with Crippen molar-refractivity contribution in [1.29, 1.82) is 0 Å². The number of fused-ring (bicyclic) bond motifs is 1. The minimum Gasteiger partial charge on any atom is -0.280 e. The van der Waals surface area contributed by atoms with Crippen molar-refractivity contribution in [3.8, 4) is 22.5 Å². The standard InChI is InChI=1S/C24H23N5O2/c1-31-27-18-11-5-6-12-20(18)29-22(30)15-14-19(25-29)23-21-13-7-8-16-28(21)26-24(23)17-9-3-2-4-10-17/h2-4,7-10,13-16,27H,5-6,11-12H2,1H3. The Labute approximate surface area is 179 Å². The topological polar surface area (TPSA) is 73.4 Å². The Balaban J connectivity index is 1.74. The molecule has 4 aromatic rings. The lowest BCUT2D eigenvalue weighted by atomic mass is 10.0. The van der Waals surface area contributed by atoms with Crippen LogP contribution in [0.4, 0.5) is 0 Å². The Morgan fingerprint density at radius 1 is 0.935 bits per heavy atom. The van der Waals surface area contributed by atoms with Crippen molar-refractivity contribution in [2.45, 2.75) is 25.7 Å². The molecule has 1 N–H and O–H groups in total. The van der Waals surface area contributed by atoms with E-state index in [1.54, 1.807) is 19.2 Å². The van der Waals surface area contributed by atoms with E-state index in [1.165, 1.54) is 4.68 Å². The Kier molecular flexibility index (Phi) is 5.09. The summed E-state index contributed by atoms with van der Waals surface area (Å²) in [6, 6.07) is 19.3. The summed E-state index contributed by atoms with van der Waals surface area (Å²) in [6.07, 6.45) is 5.58. The van der Waals surface area contributed by atoms with Crippen LogP contribution < -0.4 is 11.0 Å². The molecule has 7 nitrogen and oxygen atoms in total. The van der Waals surface area contributed by atoms with Gasteiger partial charge in [-0.3, -0.25) is 15.1 Å². The number of nitrogens with zero attached hydrogens (tertiary/aromatic N) is 4. The van der Waals surface area contributed by atoms with Gasteiger partial charge in [0.1, 0.15) is 5.69 Å². The maximum absolute atomic E-state index is 12.8. The van der Waals surface area contributed by atoms with Gasteiger partial charge >= 0.3 is 0 Å². The normalized spacial score (nSPS) is 14.2. The third-order valence-corrected chi connectivity index (χ3v) is 5.56. The molecule has 0 atom stereocenters. The smallest absolute Gasteiger partial charge is 0.271 e. The highest BCUT2D eigenvalue weighted by molar-refractivity contribution is 5.90. The number of allylic oxidation sites excluding steroid dienone is 2. The minimum atomic E-state index is -0.159. The molecule has 0 unspecified atom stereocenters. The predicted octanol–water partition coefficient (Wildman–Crippen LogP) is 4.12. The molecule has 7 heteroatoms. The minimum absolute atomic E-state index is 0.159. The highest BCUT2D eigenvalue weighted by atomic mass is 16.6. The molecule has 0 fully saturated rings. The lowest BCUT2D eigenvalue weighted by Gasteiger charge is -2.21. The first-order valence-corrected chi connectivity index (χ1v) is 10.4. The number of benzene rings is 1. The van der Waals surface area contributed by atoms with E-state index in [1.807, 2.05) is 59.2 Å². The molecule has 1 aliphatic rings. The van der Waals surface area contributed by atoms with Crippen LogP contribution in [0.3, 0.4) is 0 Å². The zero-order chi connectivity index (χ0) is 21.2. The summed E-state index contributed by atoms with van der Waals surface area (Å²) < 4.78 is 3.36. The fourth-order valence-electron chi connectivity index (χ4n) is 4.14. The molecule has 0 aliphatic heterocycles. The fourth-order valence-corrected chi connectivity index (χ4v) is 4.14. The van der Waals surface area contributed by atoms with Crippen LogP contribution in [0, 0.1) is 0 Å².